The van der Waals surface area contributed by atoms with E-state index in [4.69, 9.17) is 16.2 Å². The minimum absolute atomic E-state index is 0.125. The van der Waals surface area contributed by atoms with Gasteiger partial charge in [-0.1, -0.05) is 129 Å². The van der Waals surface area contributed by atoms with Gasteiger partial charge in [0.25, 0.3) is 0 Å². The SMILES string of the molecule is CCC1OC2(C)CS/C(=N\N=C\c3ccc(CC(C)C)cc3)N2c2ccccc21.Cc1cccc(C)c1N1/C(=N/N=C/c2ccc(C(N)=NC=Nc3ccc(OC(F)(F)F)cc3)cc2)SCC1(C)O.Nc1ccc(OC(F)(F)F)cc1. The van der Waals surface area contributed by atoms with Crippen LogP contribution in [0.15, 0.2) is 170 Å². The van der Waals surface area contributed by atoms with Gasteiger partial charge >= 0.3 is 12.7 Å². The highest BCUT2D eigenvalue weighted by atomic mass is 32.2. The van der Waals surface area contributed by atoms with Gasteiger partial charge in [-0.25, -0.2) is 9.98 Å². The average molecular weight is 1150 g/mol. The summed E-state index contributed by atoms with van der Waals surface area (Å²) in [5.74, 6) is 1.57. The monoisotopic (exact) mass is 1150 g/mol. The van der Waals surface area contributed by atoms with Crippen molar-refractivity contribution in [3.05, 3.63) is 178 Å². The highest BCUT2D eigenvalue weighted by Gasteiger charge is 2.49. The summed E-state index contributed by atoms with van der Waals surface area (Å²) in [6.45, 7) is 14.6. The number of aryl methyl sites for hydroxylation is 2. The molecule has 426 valence electrons. The summed E-state index contributed by atoms with van der Waals surface area (Å²) in [6.07, 6.45) is -2.56. The maximum Gasteiger partial charge on any atom is 0.573 e. The number of halogens is 6. The fourth-order valence-electron chi connectivity index (χ4n) is 8.67. The van der Waals surface area contributed by atoms with Crippen molar-refractivity contribution in [1.82, 2.24) is 0 Å². The number of nitrogens with zero attached hydrogens (tertiary/aromatic N) is 8. The minimum Gasteiger partial charge on any atom is -0.406 e. The number of rotatable bonds is 13. The molecular weight excluding hydrogens is 1090 g/mol. The van der Waals surface area contributed by atoms with Gasteiger partial charge in [-0.15, -0.1) is 36.5 Å². The molecule has 6 aromatic carbocycles. The largest absolute Gasteiger partial charge is 0.573 e. The van der Waals surface area contributed by atoms with Crippen LogP contribution in [0.5, 0.6) is 11.5 Å². The molecule has 81 heavy (non-hydrogen) atoms. The zero-order valence-corrected chi connectivity index (χ0v) is 47.1. The van der Waals surface area contributed by atoms with E-state index in [1.54, 1.807) is 49.2 Å². The second-order valence-corrected chi connectivity index (χ2v) is 21.5. The van der Waals surface area contributed by atoms with Gasteiger partial charge in [0, 0.05) is 28.3 Å². The number of para-hydroxylation sites is 2. The number of hydrogen-bond donors (Lipinski definition) is 3. The van der Waals surface area contributed by atoms with Crippen LogP contribution >= 0.6 is 23.5 Å². The molecule has 5 N–H and O–H groups in total. The van der Waals surface area contributed by atoms with Gasteiger partial charge in [0.2, 0.25) is 0 Å². The first-order chi connectivity index (χ1) is 38.4. The van der Waals surface area contributed by atoms with Crippen LogP contribution in [0.4, 0.5) is 49.1 Å². The maximum absolute atomic E-state index is 12.3. The Labute approximate surface area is 475 Å². The molecule has 0 radical (unpaired) electrons. The zero-order chi connectivity index (χ0) is 58.5. The summed E-state index contributed by atoms with van der Waals surface area (Å²) in [5, 5.41) is 30.1. The van der Waals surface area contributed by atoms with E-state index in [1.165, 1.54) is 59.2 Å². The number of thioether (sulfide) groups is 2. The van der Waals surface area contributed by atoms with E-state index in [9.17, 15) is 31.4 Å². The fourth-order valence-corrected chi connectivity index (χ4v) is 10.8. The van der Waals surface area contributed by atoms with Crippen LogP contribution in [0.1, 0.15) is 86.1 Å². The van der Waals surface area contributed by atoms with Crippen molar-refractivity contribution in [2.24, 2.45) is 42.0 Å². The molecule has 3 heterocycles. The van der Waals surface area contributed by atoms with E-state index < -0.39 is 18.4 Å². The number of amidine groups is 3. The van der Waals surface area contributed by atoms with Crippen molar-refractivity contribution in [3.8, 4) is 11.5 Å². The second kappa shape index (κ2) is 26.7. The molecule has 6 aromatic rings. The standard InChI is InChI=1S/C28H27F3N6O2S.C24H29N3OS.C7H6F3NO/c1-18-5-4-6-19(2)24(18)37-26(40-16-27(37,3)38)36-35-15-20-7-9-21(10-8-20)25(32)34-17-33-22-11-13-23(14-12-22)39-28(29,30)31;1-5-22-20-8-6-7-9-21(20)27-23(29-16-24(27,4)28-22)26-25-15-19-12-10-18(11-13-19)14-17(2)3;8-7(9,10)12-6-3-1-5(11)2-4-6/h4-15,17,38H,16H2,1-3H3,(H2,32,33,34);6-13,15,17,22H,5,14,16H2,1-4H3;1-4H,11H2/b35-15+,36-26-;25-15+,26-23-;. The number of anilines is 3. The Morgan fingerprint density at radius 3 is 1.81 bits per heavy atom. The third-order valence-electron chi connectivity index (χ3n) is 12.4. The quantitative estimate of drug-likeness (QED) is 0.0331. The highest BCUT2D eigenvalue weighted by Crippen LogP contribution is 2.49. The molecule has 0 saturated carbocycles. The van der Waals surface area contributed by atoms with Crippen molar-refractivity contribution in [2.45, 2.75) is 91.6 Å². The Morgan fingerprint density at radius 2 is 1.26 bits per heavy atom. The molecule has 0 amide bonds. The summed E-state index contributed by atoms with van der Waals surface area (Å²) in [7, 11) is 0. The van der Waals surface area contributed by atoms with Gasteiger partial charge in [-0.3, -0.25) is 9.80 Å². The van der Waals surface area contributed by atoms with Crippen LogP contribution in [0.2, 0.25) is 0 Å². The lowest BCUT2D eigenvalue weighted by Gasteiger charge is -2.44. The topological polar surface area (TPSA) is 181 Å². The van der Waals surface area contributed by atoms with Gasteiger partial charge in [-0.2, -0.15) is 10.2 Å². The van der Waals surface area contributed by atoms with Crippen molar-refractivity contribution < 1.29 is 45.7 Å². The lowest BCUT2D eigenvalue weighted by Crippen LogP contribution is -2.51. The van der Waals surface area contributed by atoms with Crippen molar-refractivity contribution in [3.63, 3.8) is 0 Å². The van der Waals surface area contributed by atoms with E-state index in [1.807, 2.05) is 43.2 Å². The molecule has 0 aromatic heterocycles. The summed E-state index contributed by atoms with van der Waals surface area (Å²) >= 11 is 3.14. The number of hydrogen-bond acceptors (Lipinski definition) is 12. The van der Waals surface area contributed by atoms with Crippen LogP contribution in [0.25, 0.3) is 0 Å². The first-order valence-electron chi connectivity index (χ1n) is 25.6. The third-order valence-corrected chi connectivity index (χ3v) is 14.8. The van der Waals surface area contributed by atoms with Crippen LogP contribution in [-0.4, -0.2) is 75.7 Å². The van der Waals surface area contributed by atoms with Crippen molar-refractivity contribution >= 4 is 81.2 Å². The summed E-state index contributed by atoms with van der Waals surface area (Å²) in [5.41, 5.74) is 19.8. The minimum atomic E-state index is -4.75. The van der Waals surface area contributed by atoms with Crippen LogP contribution in [-0.2, 0) is 11.2 Å². The molecule has 0 bridgehead atoms. The first-order valence-corrected chi connectivity index (χ1v) is 27.5. The number of ether oxygens (including phenoxy) is 3. The molecule has 9 rings (SSSR count). The number of nitrogen functional groups attached to an aromatic ring is 1. The Hall–Kier alpha value is -7.66. The van der Waals surface area contributed by atoms with Crippen molar-refractivity contribution in [2.75, 3.05) is 27.0 Å². The number of benzene rings is 6. The van der Waals surface area contributed by atoms with Crippen LogP contribution < -0.4 is 30.7 Å². The lowest BCUT2D eigenvalue weighted by atomic mass is 9.99. The summed E-state index contributed by atoms with van der Waals surface area (Å²) < 4.78 is 85.5. The Balaban J connectivity index is 0.000000200. The molecular formula is C59H62F6N10O4S2. The van der Waals surface area contributed by atoms with Crippen molar-refractivity contribution in [1.29, 1.82) is 0 Å². The smallest absolute Gasteiger partial charge is 0.406 e. The lowest BCUT2D eigenvalue weighted by molar-refractivity contribution is -0.275. The van der Waals surface area contributed by atoms with Gasteiger partial charge in [0.05, 0.1) is 35.6 Å². The van der Waals surface area contributed by atoms with Gasteiger partial charge in [0.15, 0.2) is 21.8 Å². The summed E-state index contributed by atoms with van der Waals surface area (Å²) in [4.78, 5) is 12.2. The molecule has 3 aliphatic heterocycles. The summed E-state index contributed by atoms with van der Waals surface area (Å²) in [6, 6.07) is 40.2. The average Bonchev–Trinajstić information content (AvgIpc) is 4.00. The molecule has 3 atom stereocenters. The molecule has 0 spiro atoms. The predicted molar refractivity (Wildman–Crippen MR) is 316 cm³/mol. The van der Waals surface area contributed by atoms with Crippen LogP contribution in [0, 0.1) is 19.8 Å². The fraction of sp³-hybridized carbons (Fsp3) is 0.288. The van der Waals surface area contributed by atoms with Gasteiger partial charge in [0.1, 0.15) is 23.7 Å². The molecule has 2 fully saturated rings. The number of nitrogens with two attached hydrogens (primary N) is 2. The maximum atomic E-state index is 12.3. The molecule has 3 unspecified atom stereocenters. The normalized spacial score (nSPS) is 20.2. The highest BCUT2D eigenvalue weighted by molar-refractivity contribution is 8.15. The van der Waals surface area contributed by atoms with E-state index in [0.717, 1.165) is 76.0 Å². The van der Waals surface area contributed by atoms with E-state index in [-0.39, 0.29) is 29.2 Å². The molecule has 14 nitrogen and oxygen atoms in total. The number of alkyl halides is 6. The molecule has 22 heteroatoms. The van der Waals surface area contributed by atoms with Gasteiger partial charge < -0.3 is 30.8 Å². The first kappa shape index (κ1) is 61.0. The number of aliphatic hydroxyl groups is 1. The Morgan fingerprint density at radius 1 is 0.728 bits per heavy atom. The Kier molecular flexibility index (Phi) is 20.1. The number of fused-ring (bicyclic) bond motifs is 3. The van der Waals surface area contributed by atoms with E-state index in [0.29, 0.717) is 33.8 Å². The molecule has 0 aliphatic carbocycles. The third kappa shape index (κ3) is 17.2. The zero-order valence-electron chi connectivity index (χ0n) is 45.5. The molecule has 3 aliphatic rings. The second-order valence-electron chi connectivity index (χ2n) is 19.6. The molecule has 2 saturated heterocycles. The van der Waals surface area contributed by atoms with Gasteiger partial charge in [-0.05, 0) is 129 Å². The number of aliphatic imine (C=N–C) groups is 2. The van der Waals surface area contributed by atoms with E-state index in [2.05, 4.69) is 121 Å². The predicted octanol–water partition coefficient (Wildman–Crippen LogP) is 14.1. The van der Waals surface area contributed by atoms with E-state index >= 15 is 0 Å². The Bertz CT molecular complexity index is 3240. The van der Waals surface area contributed by atoms with Crippen LogP contribution in [0.3, 0.4) is 0 Å².